The third-order valence-corrected chi connectivity index (χ3v) is 7.05. The molecule has 2 aliphatic rings. The Balaban J connectivity index is 1.34. The van der Waals surface area contributed by atoms with Crippen molar-refractivity contribution in [3.63, 3.8) is 0 Å². The molecule has 1 nitrogen and oxygen atoms in total. The Labute approximate surface area is 165 Å². The second-order valence-electron chi connectivity index (χ2n) is 8.50. The average Bonchev–Trinajstić information content (AvgIpc) is 2.69. The zero-order valence-electron chi connectivity index (χ0n) is 16.3. The van der Waals surface area contributed by atoms with Gasteiger partial charge in [-0.2, -0.15) is 0 Å². The summed E-state index contributed by atoms with van der Waals surface area (Å²) >= 11 is 5.98. The number of aryl methyl sites for hydroxylation is 1. The molecule has 0 unspecified atom stereocenters. The van der Waals surface area contributed by atoms with E-state index in [-0.39, 0.29) is 0 Å². The first-order chi connectivity index (χ1) is 12.7. The molecular formula is C24H35ClO. The SMILES string of the molecule is COCC=C[C@H]1CC[C@H]([C@H]2CC[C@H](CCc3ccc(Cl)cc3)CC2)CC1. The lowest BCUT2D eigenvalue weighted by atomic mass is 9.68. The van der Waals surface area contributed by atoms with Crippen molar-refractivity contribution in [2.24, 2.45) is 23.7 Å². The topological polar surface area (TPSA) is 9.23 Å². The average molecular weight is 375 g/mol. The molecule has 2 heteroatoms. The summed E-state index contributed by atoms with van der Waals surface area (Å²) in [5, 5.41) is 0.846. The van der Waals surface area contributed by atoms with Crippen LogP contribution in [0.3, 0.4) is 0 Å². The normalized spacial score (nSPS) is 29.9. The quantitative estimate of drug-likeness (QED) is 0.463. The van der Waals surface area contributed by atoms with Gasteiger partial charge < -0.3 is 4.74 Å². The second-order valence-corrected chi connectivity index (χ2v) is 8.94. The summed E-state index contributed by atoms with van der Waals surface area (Å²) in [5.74, 6) is 3.75. The van der Waals surface area contributed by atoms with Crippen LogP contribution >= 0.6 is 11.6 Å². The number of methoxy groups -OCH3 is 1. The van der Waals surface area contributed by atoms with E-state index in [4.69, 9.17) is 16.3 Å². The van der Waals surface area contributed by atoms with Gasteiger partial charge in [0.15, 0.2) is 0 Å². The molecule has 2 aliphatic carbocycles. The molecule has 0 radical (unpaired) electrons. The van der Waals surface area contributed by atoms with E-state index < -0.39 is 0 Å². The van der Waals surface area contributed by atoms with Gasteiger partial charge in [-0.15, -0.1) is 0 Å². The predicted octanol–water partition coefficient (Wildman–Crippen LogP) is 7.09. The highest BCUT2D eigenvalue weighted by atomic mass is 35.5. The van der Waals surface area contributed by atoms with E-state index in [1.54, 1.807) is 7.11 Å². The van der Waals surface area contributed by atoms with Gasteiger partial charge in [0.2, 0.25) is 0 Å². The summed E-state index contributed by atoms with van der Waals surface area (Å²) in [6.07, 6.45) is 18.7. The largest absolute Gasteiger partial charge is 0.381 e. The van der Waals surface area contributed by atoms with Crippen LogP contribution in [0.4, 0.5) is 0 Å². The predicted molar refractivity (Wildman–Crippen MR) is 112 cm³/mol. The molecule has 2 fully saturated rings. The molecule has 0 saturated heterocycles. The van der Waals surface area contributed by atoms with Gasteiger partial charge in [0.05, 0.1) is 6.61 Å². The van der Waals surface area contributed by atoms with Gasteiger partial charge in [0.25, 0.3) is 0 Å². The van der Waals surface area contributed by atoms with E-state index in [1.165, 1.54) is 69.8 Å². The molecule has 0 atom stereocenters. The second kappa shape index (κ2) is 10.5. The van der Waals surface area contributed by atoms with Crippen molar-refractivity contribution in [2.45, 2.75) is 64.2 Å². The lowest BCUT2D eigenvalue weighted by Gasteiger charge is -2.37. The van der Waals surface area contributed by atoms with Crippen molar-refractivity contribution in [1.82, 2.24) is 0 Å². The minimum atomic E-state index is 0.764. The molecule has 1 aromatic carbocycles. The monoisotopic (exact) mass is 374 g/mol. The van der Waals surface area contributed by atoms with Gasteiger partial charge in [-0.25, -0.2) is 0 Å². The summed E-state index contributed by atoms with van der Waals surface area (Å²) in [7, 11) is 1.77. The molecule has 0 aliphatic heterocycles. The smallest absolute Gasteiger partial charge is 0.0643 e. The third-order valence-electron chi connectivity index (χ3n) is 6.80. The minimum Gasteiger partial charge on any atom is -0.381 e. The highest BCUT2D eigenvalue weighted by Gasteiger charge is 2.30. The van der Waals surface area contributed by atoms with E-state index in [9.17, 15) is 0 Å². The molecule has 0 bridgehead atoms. The number of hydrogen-bond donors (Lipinski definition) is 0. The Morgan fingerprint density at radius 3 is 2.15 bits per heavy atom. The molecule has 0 spiro atoms. The minimum absolute atomic E-state index is 0.764. The molecule has 0 aromatic heterocycles. The van der Waals surface area contributed by atoms with Crippen LogP contribution in [0.1, 0.15) is 63.4 Å². The van der Waals surface area contributed by atoms with Gasteiger partial charge in [0, 0.05) is 12.1 Å². The maximum atomic E-state index is 5.98. The van der Waals surface area contributed by atoms with Crippen LogP contribution in [-0.4, -0.2) is 13.7 Å². The fraction of sp³-hybridized carbons (Fsp3) is 0.667. The maximum absolute atomic E-state index is 5.98. The Hall–Kier alpha value is -0.790. The van der Waals surface area contributed by atoms with E-state index in [0.29, 0.717) is 0 Å². The van der Waals surface area contributed by atoms with Crippen LogP contribution in [0, 0.1) is 23.7 Å². The van der Waals surface area contributed by atoms with Crippen molar-refractivity contribution < 1.29 is 4.74 Å². The molecule has 0 N–H and O–H groups in total. The standard InChI is InChI=1S/C24H35ClO/c1-26-18-2-3-19-6-12-22(13-7-19)23-14-8-20(9-15-23)4-5-21-10-16-24(25)17-11-21/h2-3,10-11,16-17,19-20,22-23H,4-9,12-15,18H2,1H3/t19-,20-,22-,23-. The third kappa shape index (κ3) is 6.13. The fourth-order valence-corrected chi connectivity index (χ4v) is 5.25. The molecule has 1 aromatic rings. The molecule has 0 amide bonds. The van der Waals surface area contributed by atoms with Crippen molar-refractivity contribution >= 4 is 11.6 Å². The first kappa shape index (κ1) is 20.0. The number of rotatable bonds is 7. The molecule has 144 valence electrons. The van der Waals surface area contributed by atoms with E-state index in [1.807, 2.05) is 12.1 Å². The van der Waals surface area contributed by atoms with E-state index >= 15 is 0 Å². The number of halogens is 1. The van der Waals surface area contributed by atoms with Crippen LogP contribution in [0.2, 0.25) is 5.02 Å². The van der Waals surface area contributed by atoms with Gasteiger partial charge >= 0.3 is 0 Å². The van der Waals surface area contributed by atoms with Gasteiger partial charge in [-0.05, 0) is 92.7 Å². The first-order valence-corrected chi connectivity index (χ1v) is 11.0. The highest BCUT2D eigenvalue weighted by molar-refractivity contribution is 6.30. The van der Waals surface area contributed by atoms with Gasteiger partial charge in [0.1, 0.15) is 0 Å². The summed E-state index contributed by atoms with van der Waals surface area (Å²) in [6.45, 7) is 0.764. The van der Waals surface area contributed by atoms with Crippen LogP contribution in [-0.2, 0) is 11.2 Å². The van der Waals surface area contributed by atoms with Crippen LogP contribution < -0.4 is 0 Å². The lowest BCUT2D eigenvalue weighted by Crippen LogP contribution is -2.25. The molecule has 2 saturated carbocycles. The van der Waals surface area contributed by atoms with Crippen LogP contribution in [0.5, 0.6) is 0 Å². The Morgan fingerprint density at radius 1 is 0.923 bits per heavy atom. The zero-order chi connectivity index (χ0) is 18.2. The van der Waals surface area contributed by atoms with Crippen molar-refractivity contribution in [2.75, 3.05) is 13.7 Å². The summed E-state index contributed by atoms with van der Waals surface area (Å²) < 4.78 is 5.12. The highest BCUT2D eigenvalue weighted by Crippen LogP contribution is 2.42. The Morgan fingerprint density at radius 2 is 1.54 bits per heavy atom. The van der Waals surface area contributed by atoms with Crippen molar-refractivity contribution in [3.05, 3.63) is 47.0 Å². The lowest BCUT2D eigenvalue weighted by molar-refractivity contribution is 0.152. The number of hydrogen-bond acceptors (Lipinski definition) is 1. The molecule has 26 heavy (non-hydrogen) atoms. The molecule has 0 heterocycles. The number of benzene rings is 1. The number of ether oxygens (including phenoxy) is 1. The molecular weight excluding hydrogens is 340 g/mol. The van der Waals surface area contributed by atoms with Crippen molar-refractivity contribution in [3.8, 4) is 0 Å². The van der Waals surface area contributed by atoms with Crippen molar-refractivity contribution in [1.29, 1.82) is 0 Å². The Kier molecular flexibility index (Phi) is 8.08. The molecule has 3 rings (SSSR count). The summed E-state index contributed by atoms with van der Waals surface area (Å²) in [6, 6.07) is 8.42. The number of allylic oxidation sites excluding steroid dienone is 1. The zero-order valence-corrected chi connectivity index (χ0v) is 17.1. The van der Waals surface area contributed by atoms with Crippen LogP contribution in [0.25, 0.3) is 0 Å². The fourth-order valence-electron chi connectivity index (χ4n) is 5.12. The summed E-state index contributed by atoms with van der Waals surface area (Å²) in [5.41, 5.74) is 1.44. The van der Waals surface area contributed by atoms with Gasteiger partial charge in [-0.3, -0.25) is 0 Å². The van der Waals surface area contributed by atoms with Gasteiger partial charge in [-0.1, -0.05) is 48.7 Å². The Bertz CT molecular complexity index is 534. The van der Waals surface area contributed by atoms with E-state index in [2.05, 4.69) is 24.3 Å². The maximum Gasteiger partial charge on any atom is 0.0643 e. The first-order valence-electron chi connectivity index (χ1n) is 10.6. The summed E-state index contributed by atoms with van der Waals surface area (Å²) in [4.78, 5) is 0. The van der Waals surface area contributed by atoms with Crippen LogP contribution in [0.15, 0.2) is 36.4 Å². The van der Waals surface area contributed by atoms with E-state index in [0.717, 1.165) is 35.3 Å².